The third-order valence-electron chi connectivity index (χ3n) is 6.10. The van der Waals surface area contributed by atoms with Gasteiger partial charge in [-0.15, -0.1) is 0 Å². The Kier molecular flexibility index (Phi) is 8.21. The molecule has 0 fully saturated rings. The van der Waals surface area contributed by atoms with Crippen LogP contribution in [-0.2, 0) is 0 Å². The third kappa shape index (κ3) is 6.15. The van der Waals surface area contributed by atoms with Gasteiger partial charge in [0.1, 0.15) is 0 Å². The van der Waals surface area contributed by atoms with E-state index < -0.39 is 0 Å². The Balaban J connectivity index is 1.35. The quantitative estimate of drug-likeness (QED) is 0.154. The molecule has 0 unspecified atom stereocenters. The van der Waals surface area contributed by atoms with Crippen molar-refractivity contribution in [3.63, 3.8) is 0 Å². The predicted octanol–water partition coefficient (Wildman–Crippen LogP) is 7.82. The van der Waals surface area contributed by atoms with Gasteiger partial charge in [0.2, 0.25) is 0 Å². The zero-order valence-electron chi connectivity index (χ0n) is 21.3. The molecule has 0 saturated heterocycles. The number of para-hydroxylation sites is 1. The number of rotatable bonds is 9. The fraction of sp³-hybridized carbons (Fsp3) is 0.125. The first-order valence-corrected chi connectivity index (χ1v) is 13.7. The minimum Gasteiger partial charge on any atom is -0.338 e. The molecule has 5 aromatic rings. The highest BCUT2D eigenvalue weighted by atomic mass is 32.2. The second-order valence-corrected chi connectivity index (χ2v) is 10.0. The Bertz CT molecular complexity index is 1470. The van der Waals surface area contributed by atoms with E-state index in [1.54, 1.807) is 11.8 Å². The van der Waals surface area contributed by atoms with E-state index in [1.807, 2.05) is 61.5 Å². The molecule has 5 nitrogen and oxygen atoms in total. The largest absolute Gasteiger partial charge is 0.338 e. The highest BCUT2D eigenvalue weighted by Crippen LogP contribution is 2.38. The van der Waals surface area contributed by atoms with Crippen LogP contribution >= 0.6 is 11.8 Å². The SMILES string of the molecule is Cc1ccc(NC(=O)NCCCSc2nc(-c3ccccc3)c(-c3ccccc3)n2-c2ccccc2)cc1. The van der Waals surface area contributed by atoms with Gasteiger partial charge in [0.05, 0.1) is 11.4 Å². The molecule has 1 aromatic heterocycles. The van der Waals surface area contributed by atoms with Crippen LogP contribution in [0.5, 0.6) is 0 Å². The molecular formula is C32H30N4OS. The summed E-state index contributed by atoms with van der Waals surface area (Å²) in [5, 5.41) is 6.77. The van der Waals surface area contributed by atoms with Gasteiger partial charge in [-0.1, -0.05) is 108 Å². The monoisotopic (exact) mass is 518 g/mol. The lowest BCUT2D eigenvalue weighted by molar-refractivity contribution is 0.252. The number of urea groups is 1. The maximum absolute atomic E-state index is 12.3. The van der Waals surface area contributed by atoms with Crippen molar-refractivity contribution in [3.05, 3.63) is 121 Å². The van der Waals surface area contributed by atoms with Crippen LogP contribution in [0.4, 0.5) is 10.5 Å². The molecule has 2 N–H and O–H groups in total. The highest BCUT2D eigenvalue weighted by molar-refractivity contribution is 7.99. The van der Waals surface area contributed by atoms with Crippen molar-refractivity contribution in [2.45, 2.75) is 18.5 Å². The summed E-state index contributed by atoms with van der Waals surface area (Å²) < 4.78 is 2.25. The number of anilines is 1. The average molecular weight is 519 g/mol. The van der Waals surface area contributed by atoms with Crippen molar-refractivity contribution in [1.82, 2.24) is 14.9 Å². The van der Waals surface area contributed by atoms with Gasteiger partial charge >= 0.3 is 6.03 Å². The van der Waals surface area contributed by atoms with Gasteiger partial charge in [0, 0.05) is 34.8 Å². The van der Waals surface area contributed by atoms with Crippen molar-refractivity contribution in [3.8, 4) is 28.2 Å². The summed E-state index contributed by atoms with van der Waals surface area (Å²) in [6.07, 6.45) is 0.814. The Labute approximate surface area is 228 Å². The Hall–Kier alpha value is -4.29. The lowest BCUT2D eigenvalue weighted by Gasteiger charge is -2.13. The number of hydrogen-bond donors (Lipinski definition) is 2. The van der Waals surface area contributed by atoms with Gasteiger partial charge in [-0.25, -0.2) is 9.78 Å². The van der Waals surface area contributed by atoms with Crippen LogP contribution in [0.1, 0.15) is 12.0 Å². The van der Waals surface area contributed by atoms with Gasteiger partial charge in [0.15, 0.2) is 5.16 Å². The molecule has 0 radical (unpaired) electrons. The third-order valence-corrected chi connectivity index (χ3v) is 7.13. The maximum Gasteiger partial charge on any atom is 0.319 e. The van der Waals surface area contributed by atoms with Crippen LogP contribution in [0.2, 0.25) is 0 Å². The summed E-state index contributed by atoms with van der Waals surface area (Å²) in [5.41, 5.74) is 7.24. The van der Waals surface area contributed by atoms with E-state index in [0.717, 1.165) is 56.8 Å². The van der Waals surface area contributed by atoms with E-state index >= 15 is 0 Å². The molecule has 2 amide bonds. The number of carbonyl (C=O) groups excluding carboxylic acids is 1. The molecule has 6 heteroatoms. The lowest BCUT2D eigenvalue weighted by atomic mass is 10.0. The number of nitrogens with one attached hydrogen (secondary N) is 2. The first-order valence-electron chi connectivity index (χ1n) is 12.7. The molecule has 0 aliphatic heterocycles. The first-order chi connectivity index (χ1) is 18.7. The molecular weight excluding hydrogens is 488 g/mol. The zero-order valence-corrected chi connectivity index (χ0v) is 22.1. The lowest BCUT2D eigenvalue weighted by Crippen LogP contribution is -2.29. The zero-order chi connectivity index (χ0) is 26.2. The number of aromatic nitrogens is 2. The van der Waals surface area contributed by atoms with E-state index in [4.69, 9.17) is 4.98 Å². The molecule has 0 spiro atoms. The van der Waals surface area contributed by atoms with Gasteiger partial charge in [-0.2, -0.15) is 0 Å². The first kappa shape index (κ1) is 25.4. The Morgan fingerprint density at radius 3 is 2.05 bits per heavy atom. The molecule has 0 saturated carbocycles. The predicted molar refractivity (Wildman–Crippen MR) is 158 cm³/mol. The van der Waals surface area contributed by atoms with Gasteiger partial charge in [-0.05, 0) is 37.6 Å². The summed E-state index contributed by atoms with van der Waals surface area (Å²) in [6.45, 7) is 2.60. The fourth-order valence-corrected chi connectivity index (χ4v) is 5.18. The Morgan fingerprint density at radius 2 is 1.39 bits per heavy atom. The molecule has 4 aromatic carbocycles. The van der Waals surface area contributed by atoms with Crippen LogP contribution in [-0.4, -0.2) is 27.9 Å². The van der Waals surface area contributed by atoms with Crippen LogP contribution in [0.15, 0.2) is 120 Å². The molecule has 0 aliphatic rings. The molecule has 0 aliphatic carbocycles. The minimum atomic E-state index is -0.192. The van der Waals surface area contributed by atoms with E-state index in [-0.39, 0.29) is 6.03 Å². The van der Waals surface area contributed by atoms with Crippen molar-refractivity contribution >= 4 is 23.5 Å². The van der Waals surface area contributed by atoms with Crippen molar-refractivity contribution in [1.29, 1.82) is 0 Å². The van der Waals surface area contributed by atoms with Crippen molar-refractivity contribution < 1.29 is 4.79 Å². The summed E-state index contributed by atoms with van der Waals surface area (Å²) in [4.78, 5) is 17.4. The number of carbonyl (C=O) groups is 1. The van der Waals surface area contributed by atoms with Crippen molar-refractivity contribution in [2.75, 3.05) is 17.6 Å². The number of thioether (sulfide) groups is 1. The maximum atomic E-state index is 12.3. The number of aryl methyl sites for hydroxylation is 1. The molecule has 0 bridgehead atoms. The van der Waals surface area contributed by atoms with Crippen molar-refractivity contribution in [2.24, 2.45) is 0 Å². The molecule has 0 atom stereocenters. The van der Waals surface area contributed by atoms with E-state index in [1.165, 1.54) is 0 Å². The molecule has 38 heavy (non-hydrogen) atoms. The topological polar surface area (TPSA) is 59.0 Å². The highest BCUT2D eigenvalue weighted by Gasteiger charge is 2.21. The number of nitrogens with zero attached hydrogens (tertiary/aromatic N) is 2. The van der Waals surface area contributed by atoms with Crippen LogP contribution < -0.4 is 10.6 Å². The van der Waals surface area contributed by atoms with Gasteiger partial charge in [0.25, 0.3) is 0 Å². The van der Waals surface area contributed by atoms with Crippen LogP contribution in [0.25, 0.3) is 28.2 Å². The van der Waals surface area contributed by atoms with E-state index in [9.17, 15) is 4.79 Å². The van der Waals surface area contributed by atoms with Gasteiger partial charge < -0.3 is 10.6 Å². The number of benzene rings is 4. The second-order valence-electron chi connectivity index (χ2n) is 8.94. The minimum absolute atomic E-state index is 0.192. The number of imidazole rings is 1. The van der Waals surface area contributed by atoms with E-state index in [2.05, 4.69) is 75.9 Å². The average Bonchev–Trinajstić information content (AvgIpc) is 3.35. The second kappa shape index (κ2) is 12.3. The normalized spacial score (nSPS) is 10.8. The summed E-state index contributed by atoms with van der Waals surface area (Å²) in [5.74, 6) is 0.817. The summed E-state index contributed by atoms with van der Waals surface area (Å²) >= 11 is 1.70. The number of hydrogen-bond acceptors (Lipinski definition) is 3. The number of amides is 2. The molecule has 1 heterocycles. The standard InChI is InChI=1S/C32H30N4OS/c1-24-18-20-27(21-19-24)34-31(37)33-22-11-23-38-32-35-29(25-12-5-2-6-13-25)30(26-14-7-3-8-15-26)36(32)28-16-9-4-10-17-28/h2-10,12-21H,11,22-23H2,1H3,(H2,33,34,37). The summed E-state index contributed by atoms with van der Waals surface area (Å²) in [6, 6.07) is 38.7. The fourth-order valence-electron chi connectivity index (χ4n) is 4.22. The molecule has 5 rings (SSSR count). The van der Waals surface area contributed by atoms with Gasteiger partial charge in [-0.3, -0.25) is 4.57 Å². The Morgan fingerprint density at radius 1 is 0.789 bits per heavy atom. The smallest absolute Gasteiger partial charge is 0.319 e. The summed E-state index contributed by atoms with van der Waals surface area (Å²) in [7, 11) is 0. The van der Waals surface area contributed by atoms with Crippen LogP contribution in [0.3, 0.4) is 0 Å². The van der Waals surface area contributed by atoms with Crippen LogP contribution in [0, 0.1) is 6.92 Å². The molecule has 190 valence electrons. The van der Waals surface area contributed by atoms with E-state index in [0.29, 0.717) is 6.54 Å².